The molecule has 3 aromatic rings. The highest BCUT2D eigenvalue weighted by Crippen LogP contribution is 2.17. The zero-order valence-electron chi connectivity index (χ0n) is 15.9. The molecule has 3 rings (SSSR count). The van der Waals surface area contributed by atoms with Gasteiger partial charge in [0.2, 0.25) is 11.6 Å². The first kappa shape index (κ1) is 20.4. The summed E-state index contributed by atoms with van der Waals surface area (Å²) < 4.78 is 5.80. The smallest absolute Gasteiger partial charge is 0.292 e. The number of nitrogens with one attached hydrogen (secondary N) is 1. The van der Waals surface area contributed by atoms with Gasteiger partial charge in [0.15, 0.2) is 5.69 Å². The molecule has 2 aromatic heterocycles. The van der Waals surface area contributed by atoms with Gasteiger partial charge in [0, 0.05) is 17.1 Å². The summed E-state index contributed by atoms with van der Waals surface area (Å²) in [6.07, 6.45) is 1.45. The van der Waals surface area contributed by atoms with Gasteiger partial charge in [0.25, 0.3) is 5.91 Å². The summed E-state index contributed by atoms with van der Waals surface area (Å²) >= 11 is 6.09. The van der Waals surface area contributed by atoms with E-state index in [2.05, 4.69) is 40.7 Å². The molecule has 152 valence electrons. The number of rotatable bonds is 8. The number of anilines is 1. The Labute approximate surface area is 171 Å². The third-order valence-electron chi connectivity index (χ3n) is 4.19. The molecule has 0 unspecified atom stereocenters. The van der Waals surface area contributed by atoms with Crippen molar-refractivity contribution in [2.24, 2.45) is 5.10 Å². The van der Waals surface area contributed by atoms with Gasteiger partial charge in [0.1, 0.15) is 5.69 Å². The fourth-order valence-corrected chi connectivity index (χ4v) is 2.77. The van der Waals surface area contributed by atoms with Gasteiger partial charge in [-0.15, -0.1) is 5.10 Å². The number of amides is 1. The molecular formula is C17H20ClN9O2. The zero-order chi connectivity index (χ0) is 20.8. The van der Waals surface area contributed by atoms with Crippen molar-refractivity contribution >= 4 is 29.5 Å². The summed E-state index contributed by atoms with van der Waals surface area (Å²) in [5.74, 6) is -0.482. The Hall–Kier alpha value is -3.31. The van der Waals surface area contributed by atoms with E-state index in [1.54, 1.807) is 18.2 Å². The van der Waals surface area contributed by atoms with Crippen LogP contribution in [-0.4, -0.2) is 55.4 Å². The lowest BCUT2D eigenvalue weighted by Crippen LogP contribution is -2.27. The molecule has 0 bridgehead atoms. The number of hydrazone groups is 1. The number of halogens is 1. The van der Waals surface area contributed by atoms with E-state index in [1.807, 2.05) is 19.9 Å². The highest BCUT2D eigenvalue weighted by Gasteiger charge is 2.25. The standard InChI is InChI=1S/C17H20ClN9O2/c1-3-26(4-2)10-13-14(27(25-21-13)16-15(19)23-29-24-16)17(28)22-20-9-11-7-5-6-8-12(11)18/h5-9H,3-4,10H2,1-2H3,(H2,19,23)(H,22,28). The van der Waals surface area contributed by atoms with Crippen molar-refractivity contribution < 1.29 is 9.42 Å². The maximum absolute atomic E-state index is 12.9. The lowest BCUT2D eigenvalue weighted by Gasteiger charge is -2.16. The van der Waals surface area contributed by atoms with Crippen LogP contribution in [0.25, 0.3) is 5.82 Å². The first-order valence-electron chi connectivity index (χ1n) is 8.88. The number of nitrogen functional groups attached to an aromatic ring is 1. The van der Waals surface area contributed by atoms with Crippen LogP contribution in [0.2, 0.25) is 5.02 Å². The average molecular weight is 418 g/mol. The number of nitrogens with two attached hydrogens (primary N) is 1. The summed E-state index contributed by atoms with van der Waals surface area (Å²) in [5, 5.41) is 19.9. The van der Waals surface area contributed by atoms with Gasteiger partial charge in [-0.3, -0.25) is 9.69 Å². The van der Waals surface area contributed by atoms with Crippen molar-refractivity contribution in [1.29, 1.82) is 0 Å². The maximum atomic E-state index is 12.9. The molecule has 0 saturated carbocycles. The van der Waals surface area contributed by atoms with Crippen molar-refractivity contribution in [3.8, 4) is 5.82 Å². The van der Waals surface area contributed by atoms with Crippen molar-refractivity contribution in [3.63, 3.8) is 0 Å². The van der Waals surface area contributed by atoms with E-state index in [1.165, 1.54) is 10.9 Å². The Morgan fingerprint density at radius 1 is 1.34 bits per heavy atom. The van der Waals surface area contributed by atoms with E-state index in [4.69, 9.17) is 17.3 Å². The lowest BCUT2D eigenvalue weighted by atomic mass is 10.2. The summed E-state index contributed by atoms with van der Waals surface area (Å²) in [6, 6.07) is 7.12. The van der Waals surface area contributed by atoms with Crippen LogP contribution in [0.5, 0.6) is 0 Å². The topological polar surface area (TPSA) is 140 Å². The number of hydrogen-bond acceptors (Lipinski definition) is 9. The second-order valence-corrected chi connectivity index (χ2v) is 6.36. The molecule has 0 saturated heterocycles. The molecule has 3 N–H and O–H groups in total. The summed E-state index contributed by atoms with van der Waals surface area (Å²) in [6.45, 7) is 6.00. The molecule has 0 aliphatic rings. The van der Waals surface area contributed by atoms with Gasteiger partial charge in [-0.1, -0.05) is 48.9 Å². The van der Waals surface area contributed by atoms with Crippen LogP contribution in [0.4, 0.5) is 5.82 Å². The fourth-order valence-electron chi connectivity index (χ4n) is 2.59. The minimum absolute atomic E-state index is 0.0158. The van der Waals surface area contributed by atoms with Crippen LogP contribution >= 0.6 is 11.6 Å². The van der Waals surface area contributed by atoms with Gasteiger partial charge >= 0.3 is 0 Å². The van der Waals surface area contributed by atoms with Gasteiger partial charge in [-0.05, 0) is 29.5 Å². The molecule has 29 heavy (non-hydrogen) atoms. The quantitative estimate of drug-likeness (QED) is 0.415. The number of nitrogens with zero attached hydrogens (tertiary/aromatic N) is 7. The van der Waals surface area contributed by atoms with Crippen molar-refractivity contribution in [2.45, 2.75) is 20.4 Å². The second-order valence-electron chi connectivity index (χ2n) is 5.95. The molecule has 0 fully saturated rings. The SMILES string of the molecule is CCN(CC)Cc1nnn(-c2nonc2N)c1C(=O)NN=Cc1ccccc1Cl. The van der Waals surface area contributed by atoms with E-state index >= 15 is 0 Å². The molecule has 0 aliphatic heterocycles. The van der Waals surface area contributed by atoms with Crippen molar-refractivity contribution in [3.05, 3.63) is 46.2 Å². The molecule has 12 heteroatoms. The Morgan fingerprint density at radius 2 is 2.10 bits per heavy atom. The van der Waals surface area contributed by atoms with Gasteiger partial charge in [0.05, 0.1) is 6.21 Å². The number of carbonyl (C=O) groups is 1. The monoisotopic (exact) mass is 417 g/mol. The summed E-state index contributed by atoms with van der Waals surface area (Å²) in [4.78, 5) is 15.0. The van der Waals surface area contributed by atoms with E-state index in [9.17, 15) is 4.79 Å². The van der Waals surface area contributed by atoms with Crippen LogP contribution in [0.3, 0.4) is 0 Å². The fraction of sp³-hybridized carbons (Fsp3) is 0.294. The minimum atomic E-state index is -0.539. The summed E-state index contributed by atoms with van der Waals surface area (Å²) in [7, 11) is 0. The van der Waals surface area contributed by atoms with Crippen LogP contribution < -0.4 is 11.2 Å². The van der Waals surface area contributed by atoms with Crippen molar-refractivity contribution in [2.75, 3.05) is 18.8 Å². The van der Waals surface area contributed by atoms with Gasteiger partial charge in [-0.2, -0.15) is 9.78 Å². The predicted molar refractivity (Wildman–Crippen MR) is 107 cm³/mol. The van der Waals surface area contributed by atoms with E-state index in [-0.39, 0.29) is 17.3 Å². The highest BCUT2D eigenvalue weighted by molar-refractivity contribution is 6.33. The van der Waals surface area contributed by atoms with Crippen LogP contribution in [-0.2, 0) is 6.54 Å². The first-order chi connectivity index (χ1) is 14.0. The lowest BCUT2D eigenvalue weighted by molar-refractivity contribution is 0.0945. The molecule has 1 aromatic carbocycles. The summed E-state index contributed by atoms with van der Waals surface area (Å²) in [5.41, 5.74) is 9.46. The molecule has 0 radical (unpaired) electrons. The third kappa shape index (κ3) is 4.58. The molecule has 0 spiro atoms. The predicted octanol–water partition coefficient (Wildman–Crippen LogP) is 1.49. The second kappa shape index (κ2) is 9.26. The van der Waals surface area contributed by atoms with E-state index in [0.717, 1.165) is 13.1 Å². The molecule has 0 atom stereocenters. The molecule has 0 aliphatic carbocycles. The first-order valence-corrected chi connectivity index (χ1v) is 9.26. The van der Waals surface area contributed by atoms with Gasteiger partial charge in [-0.25, -0.2) is 10.1 Å². The van der Waals surface area contributed by atoms with Crippen LogP contribution in [0, 0.1) is 0 Å². The highest BCUT2D eigenvalue weighted by atomic mass is 35.5. The number of aromatic nitrogens is 5. The molecule has 2 heterocycles. The maximum Gasteiger partial charge on any atom is 0.292 e. The number of benzene rings is 1. The average Bonchev–Trinajstić information content (AvgIpc) is 3.33. The number of carbonyl (C=O) groups excluding carboxylic acids is 1. The normalized spacial score (nSPS) is 11.4. The third-order valence-corrected chi connectivity index (χ3v) is 4.54. The Morgan fingerprint density at radius 3 is 2.76 bits per heavy atom. The molecular weight excluding hydrogens is 398 g/mol. The Bertz CT molecular complexity index is 1010. The molecule has 11 nitrogen and oxygen atoms in total. The number of hydrogen-bond donors (Lipinski definition) is 2. The van der Waals surface area contributed by atoms with Gasteiger partial charge < -0.3 is 5.73 Å². The minimum Gasteiger partial charge on any atom is -0.378 e. The molecule has 1 amide bonds. The Kier molecular flexibility index (Phi) is 6.52. The largest absolute Gasteiger partial charge is 0.378 e. The zero-order valence-corrected chi connectivity index (χ0v) is 16.7. The van der Waals surface area contributed by atoms with E-state index < -0.39 is 5.91 Å². The van der Waals surface area contributed by atoms with Crippen LogP contribution in [0.1, 0.15) is 35.6 Å². The Balaban J connectivity index is 1.90. The van der Waals surface area contributed by atoms with Crippen molar-refractivity contribution in [1.82, 2.24) is 35.6 Å². The van der Waals surface area contributed by atoms with E-state index in [0.29, 0.717) is 22.8 Å². The van der Waals surface area contributed by atoms with Crippen LogP contribution in [0.15, 0.2) is 34.0 Å².